The Kier molecular flexibility index (Phi) is 5.77. The van der Waals surface area contributed by atoms with E-state index in [1.165, 1.54) is 11.3 Å². The first-order valence-electron chi connectivity index (χ1n) is 10.9. The van der Waals surface area contributed by atoms with E-state index in [-0.39, 0.29) is 5.78 Å². The molecule has 0 amide bonds. The van der Waals surface area contributed by atoms with E-state index >= 15 is 0 Å². The number of thiazole rings is 1. The summed E-state index contributed by atoms with van der Waals surface area (Å²) in [6, 6.07) is 20.6. The van der Waals surface area contributed by atoms with E-state index in [1.54, 1.807) is 31.4 Å². The van der Waals surface area contributed by atoms with Crippen LogP contribution in [0.4, 0.5) is 5.69 Å². The van der Waals surface area contributed by atoms with Crippen LogP contribution in [0.1, 0.15) is 23.0 Å². The number of nitrogens with zero attached hydrogens (tertiary/aromatic N) is 2. The van der Waals surface area contributed by atoms with Gasteiger partial charge in [-0.05, 0) is 55.5 Å². The molecule has 0 aliphatic carbocycles. The highest BCUT2D eigenvalue weighted by atomic mass is 32.1. The predicted octanol–water partition coefficient (Wildman–Crippen LogP) is 5.95. The number of fused-ring (bicyclic) bond motifs is 1. The van der Waals surface area contributed by atoms with Gasteiger partial charge in [-0.2, -0.15) is 0 Å². The van der Waals surface area contributed by atoms with Gasteiger partial charge in [-0.1, -0.05) is 18.2 Å². The van der Waals surface area contributed by atoms with Gasteiger partial charge in [-0.3, -0.25) is 4.79 Å². The van der Waals surface area contributed by atoms with E-state index in [2.05, 4.69) is 0 Å². The minimum absolute atomic E-state index is 0.158. The van der Waals surface area contributed by atoms with Crippen LogP contribution >= 0.6 is 11.3 Å². The van der Waals surface area contributed by atoms with Crippen LogP contribution in [-0.2, 0) is 0 Å². The van der Waals surface area contributed by atoms with Gasteiger partial charge in [0.15, 0.2) is 0 Å². The molecule has 0 atom stereocenters. The number of carbonyl (C=O) groups is 1. The van der Waals surface area contributed by atoms with Crippen molar-refractivity contribution in [3.05, 3.63) is 89.6 Å². The molecule has 2 aromatic carbocycles. The summed E-state index contributed by atoms with van der Waals surface area (Å²) in [4.78, 5) is 18.4. The second-order valence-corrected chi connectivity index (χ2v) is 8.48. The lowest BCUT2D eigenvalue weighted by atomic mass is 10.1. The highest BCUT2D eigenvalue weighted by Crippen LogP contribution is 2.40. The Morgan fingerprint density at radius 2 is 1.82 bits per heavy atom. The number of hydrogen-bond acceptors (Lipinski definition) is 6. The maximum Gasteiger partial charge on any atom is 0.211 e. The SMILES string of the molecule is CCOc1ccc(C(=O)c2c(N)c(-c3nc(-c4ccccc4OC)cs3)c3ccccn23)cc1. The number of benzene rings is 2. The molecule has 0 aliphatic rings. The van der Waals surface area contributed by atoms with E-state index < -0.39 is 0 Å². The van der Waals surface area contributed by atoms with Crippen molar-refractivity contribution in [3.63, 3.8) is 0 Å². The normalized spacial score (nSPS) is 11.0. The summed E-state index contributed by atoms with van der Waals surface area (Å²) in [5.41, 5.74) is 11.3. The number of anilines is 1. The topological polar surface area (TPSA) is 78.9 Å². The Morgan fingerprint density at radius 1 is 1.06 bits per heavy atom. The summed E-state index contributed by atoms with van der Waals surface area (Å²) < 4.78 is 12.8. The molecular weight excluding hydrogens is 446 g/mol. The number of pyridine rings is 1. The fourth-order valence-corrected chi connectivity index (χ4v) is 4.95. The summed E-state index contributed by atoms with van der Waals surface area (Å²) >= 11 is 1.49. The molecule has 3 heterocycles. The molecule has 0 unspecified atom stereocenters. The van der Waals surface area contributed by atoms with Crippen molar-refractivity contribution in [2.45, 2.75) is 6.92 Å². The molecule has 7 heteroatoms. The maximum atomic E-state index is 13.5. The van der Waals surface area contributed by atoms with Gasteiger partial charge in [0.05, 0.1) is 36.2 Å². The molecule has 0 radical (unpaired) electrons. The molecule has 170 valence electrons. The molecule has 0 saturated heterocycles. The molecule has 5 rings (SSSR count). The highest BCUT2D eigenvalue weighted by Gasteiger charge is 2.25. The molecule has 0 bridgehead atoms. The maximum absolute atomic E-state index is 13.5. The van der Waals surface area contributed by atoms with Crippen LogP contribution in [0.3, 0.4) is 0 Å². The van der Waals surface area contributed by atoms with Crippen LogP contribution in [0.15, 0.2) is 78.3 Å². The Bertz CT molecular complexity index is 1490. The molecule has 0 spiro atoms. The first-order valence-corrected chi connectivity index (χ1v) is 11.8. The van der Waals surface area contributed by atoms with Crippen molar-refractivity contribution in [2.24, 2.45) is 0 Å². The lowest BCUT2D eigenvalue weighted by Crippen LogP contribution is -2.08. The minimum atomic E-state index is -0.158. The van der Waals surface area contributed by atoms with Gasteiger partial charge in [0.1, 0.15) is 22.2 Å². The molecule has 6 nitrogen and oxygen atoms in total. The number of ether oxygens (including phenoxy) is 2. The molecule has 5 aromatic rings. The zero-order valence-electron chi connectivity index (χ0n) is 18.8. The Morgan fingerprint density at radius 3 is 2.59 bits per heavy atom. The monoisotopic (exact) mass is 469 g/mol. The van der Waals surface area contributed by atoms with E-state index in [0.717, 1.165) is 38.8 Å². The Labute approximate surface area is 201 Å². The van der Waals surface area contributed by atoms with E-state index in [1.807, 2.05) is 65.4 Å². The van der Waals surface area contributed by atoms with Gasteiger partial charge in [-0.15, -0.1) is 11.3 Å². The van der Waals surface area contributed by atoms with Crippen molar-refractivity contribution in [2.75, 3.05) is 19.5 Å². The Hall–Kier alpha value is -4.10. The average Bonchev–Trinajstić information content (AvgIpc) is 3.46. The number of nitrogen functional groups attached to an aromatic ring is 1. The van der Waals surface area contributed by atoms with Crippen molar-refractivity contribution in [1.29, 1.82) is 0 Å². The molecule has 0 saturated carbocycles. The number of ketones is 1. The van der Waals surface area contributed by atoms with Gasteiger partial charge < -0.3 is 19.6 Å². The van der Waals surface area contributed by atoms with Crippen LogP contribution in [0.25, 0.3) is 27.3 Å². The third kappa shape index (κ3) is 3.70. The number of hydrogen-bond donors (Lipinski definition) is 1. The third-order valence-corrected chi connectivity index (χ3v) is 6.48. The fourth-order valence-electron chi connectivity index (χ4n) is 4.06. The average molecular weight is 470 g/mol. The summed E-state index contributed by atoms with van der Waals surface area (Å²) in [6.07, 6.45) is 1.85. The van der Waals surface area contributed by atoms with Crippen LogP contribution in [0.5, 0.6) is 11.5 Å². The molecule has 2 N–H and O–H groups in total. The number of rotatable bonds is 7. The minimum Gasteiger partial charge on any atom is -0.496 e. The van der Waals surface area contributed by atoms with Crippen molar-refractivity contribution in [1.82, 2.24) is 9.38 Å². The van der Waals surface area contributed by atoms with Crippen LogP contribution in [-0.4, -0.2) is 28.9 Å². The fraction of sp³-hybridized carbons (Fsp3) is 0.111. The van der Waals surface area contributed by atoms with E-state index in [9.17, 15) is 4.79 Å². The van der Waals surface area contributed by atoms with Crippen molar-refractivity contribution >= 4 is 28.3 Å². The number of carbonyl (C=O) groups excluding carboxylic acids is 1. The summed E-state index contributed by atoms with van der Waals surface area (Å²) in [5.74, 6) is 1.31. The quantitative estimate of drug-likeness (QED) is 0.298. The van der Waals surface area contributed by atoms with Gasteiger partial charge in [-0.25, -0.2) is 4.98 Å². The smallest absolute Gasteiger partial charge is 0.211 e. The lowest BCUT2D eigenvalue weighted by molar-refractivity contribution is 0.103. The lowest BCUT2D eigenvalue weighted by Gasteiger charge is -2.06. The van der Waals surface area contributed by atoms with Crippen LogP contribution in [0.2, 0.25) is 0 Å². The zero-order chi connectivity index (χ0) is 23.7. The van der Waals surface area contributed by atoms with E-state index in [4.69, 9.17) is 20.2 Å². The summed E-state index contributed by atoms with van der Waals surface area (Å²) in [6.45, 7) is 2.49. The standard InChI is InChI=1S/C27H23N3O3S/c1-3-33-18-13-11-17(12-14-18)26(31)25-24(28)23(21-9-6-7-15-30(21)25)27-29-20(16-34-27)19-8-4-5-10-22(19)32-2/h4-16H,3,28H2,1-2H3. The molecule has 0 fully saturated rings. The molecule has 34 heavy (non-hydrogen) atoms. The number of nitrogens with two attached hydrogens (primary N) is 1. The predicted molar refractivity (Wildman–Crippen MR) is 136 cm³/mol. The first-order chi connectivity index (χ1) is 16.6. The molecule has 3 aromatic heterocycles. The van der Waals surface area contributed by atoms with Crippen LogP contribution in [0, 0.1) is 0 Å². The summed E-state index contributed by atoms with van der Waals surface area (Å²) in [7, 11) is 1.64. The second-order valence-electron chi connectivity index (χ2n) is 7.62. The Balaban J connectivity index is 1.61. The largest absolute Gasteiger partial charge is 0.496 e. The highest BCUT2D eigenvalue weighted by molar-refractivity contribution is 7.13. The first kappa shape index (κ1) is 21.7. The number of aromatic nitrogens is 2. The molecular formula is C27H23N3O3S. The van der Waals surface area contributed by atoms with Crippen molar-refractivity contribution in [3.8, 4) is 33.3 Å². The second kappa shape index (κ2) is 9.03. The summed E-state index contributed by atoms with van der Waals surface area (Å²) in [5, 5.41) is 2.72. The van der Waals surface area contributed by atoms with Crippen molar-refractivity contribution < 1.29 is 14.3 Å². The van der Waals surface area contributed by atoms with Gasteiger partial charge in [0, 0.05) is 22.7 Å². The van der Waals surface area contributed by atoms with Gasteiger partial charge in [0.2, 0.25) is 5.78 Å². The molecule has 0 aliphatic heterocycles. The number of methoxy groups -OCH3 is 1. The van der Waals surface area contributed by atoms with Gasteiger partial charge >= 0.3 is 0 Å². The number of para-hydroxylation sites is 1. The van der Waals surface area contributed by atoms with E-state index in [0.29, 0.717) is 23.6 Å². The zero-order valence-corrected chi connectivity index (χ0v) is 19.6. The third-order valence-electron chi connectivity index (χ3n) is 5.62. The van der Waals surface area contributed by atoms with Gasteiger partial charge in [0.25, 0.3) is 0 Å². The van der Waals surface area contributed by atoms with Crippen LogP contribution < -0.4 is 15.2 Å².